The van der Waals surface area contributed by atoms with Gasteiger partial charge in [0.25, 0.3) is 0 Å². The molecule has 3 rings (SSSR count). The van der Waals surface area contributed by atoms with Crippen LogP contribution in [0.2, 0.25) is 0 Å². The highest BCUT2D eigenvalue weighted by molar-refractivity contribution is 5.79. The molecule has 0 radical (unpaired) electrons. The van der Waals surface area contributed by atoms with Crippen molar-refractivity contribution < 1.29 is 24.2 Å². The number of rotatable bonds is 7. The number of benzene rings is 2. The Bertz CT molecular complexity index is 835. The van der Waals surface area contributed by atoms with Gasteiger partial charge in [0, 0.05) is 13.1 Å². The van der Waals surface area contributed by atoms with Crippen LogP contribution >= 0.6 is 0 Å². The molecule has 1 unspecified atom stereocenters. The van der Waals surface area contributed by atoms with Crippen LogP contribution in [-0.2, 0) is 27.4 Å². The number of aryl methyl sites for hydroxylation is 1. The number of carbonyl (C=O) groups excluding carboxylic acids is 1. The van der Waals surface area contributed by atoms with Gasteiger partial charge >= 0.3 is 5.97 Å². The Balaban J connectivity index is 1.57. The van der Waals surface area contributed by atoms with Gasteiger partial charge in [-0.05, 0) is 35.7 Å². The molecule has 1 atom stereocenters. The molecule has 6 heteroatoms. The number of carboxylic acids is 1. The summed E-state index contributed by atoms with van der Waals surface area (Å²) in [6.07, 6.45) is -0.285. The predicted molar refractivity (Wildman–Crippen MR) is 104 cm³/mol. The molecule has 1 heterocycles. The Labute approximate surface area is 164 Å². The second-order valence-corrected chi connectivity index (χ2v) is 6.97. The van der Waals surface area contributed by atoms with E-state index in [0.29, 0.717) is 26.3 Å². The van der Waals surface area contributed by atoms with Crippen molar-refractivity contribution in [3.63, 3.8) is 0 Å². The van der Waals surface area contributed by atoms with Gasteiger partial charge in [-0.1, -0.05) is 36.4 Å². The van der Waals surface area contributed by atoms with Gasteiger partial charge in [-0.15, -0.1) is 0 Å². The van der Waals surface area contributed by atoms with E-state index in [2.05, 4.69) is 0 Å². The third-order valence-electron chi connectivity index (χ3n) is 4.80. The van der Waals surface area contributed by atoms with Gasteiger partial charge in [0.15, 0.2) is 0 Å². The lowest BCUT2D eigenvalue weighted by Gasteiger charge is -2.32. The number of morpholine rings is 1. The van der Waals surface area contributed by atoms with Crippen molar-refractivity contribution in [3.8, 4) is 5.75 Å². The molecule has 0 spiro atoms. The Morgan fingerprint density at radius 3 is 2.82 bits per heavy atom. The molecule has 1 saturated heterocycles. The summed E-state index contributed by atoms with van der Waals surface area (Å²) in [5, 5.41) is 8.91. The van der Waals surface area contributed by atoms with E-state index < -0.39 is 12.1 Å². The molecule has 1 amide bonds. The van der Waals surface area contributed by atoms with Crippen molar-refractivity contribution in [2.75, 3.05) is 19.7 Å². The number of ether oxygens (including phenoxy) is 2. The van der Waals surface area contributed by atoms with Crippen LogP contribution < -0.4 is 4.74 Å². The number of hydrogen-bond donors (Lipinski definition) is 1. The summed E-state index contributed by atoms with van der Waals surface area (Å²) < 4.78 is 11.3. The molecule has 1 aliphatic heterocycles. The van der Waals surface area contributed by atoms with Crippen molar-refractivity contribution in [1.82, 2.24) is 4.90 Å². The molecule has 0 aliphatic carbocycles. The van der Waals surface area contributed by atoms with Gasteiger partial charge in [-0.2, -0.15) is 0 Å². The maximum absolute atomic E-state index is 12.6. The molecule has 2 aromatic carbocycles. The van der Waals surface area contributed by atoms with Crippen molar-refractivity contribution in [2.45, 2.75) is 32.5 Å². The molecule has 2 aromatic rings. The molecule has 0 bridgehead atoms. The summed E-state index contributed by atoms with van der Waals surface area (Å²) in [6, 6.07) is 15.6. The monoisotopic (exact) mass is 383 g/mol. The van der Waals surface area contributed by atoms with Gasteiger partial charge in [0.1, 0.15) is 12.4 Å². The second kappa shape index (κ2) is 9.37. The van der Waals surface area contributed by atoms with Crippen LogP contribution in [0.25, 0.3) is 0 Å². The third-order valence-corrected chi connectivity index (χ3v) is 4.80. The SMILES string of the molecule is Cc1ccccc1COc1cccc(CC(=O)N2CCOC(CC(=O)O)C2)c1. The minimum absolute atomic E-state index is 0.0326. The lowest BCUT2D eigenvalue weighted by atomic mass is 10.1. The smallest absolute Gasteiger partial charge is 0.306 e. The van der Waals surface area contributed by atoms with E-state index >= 15 is 0 Å². The molecule has 6 nitrogen and oxygen atoms in total. The first kappa shape index (κ1) is 19.9. The molecule has 1 N–H and O–H groups in total. The predicted octanol–water partition coefficient (Wildman–Crippen LogP) is 2.82. The zero-order valence-electron chi connectivity index (χ0n) is 16.0. The van der Waals surface area contributed by atoms with Crippen LogP contribution in [0.5, 0.6) is 5.75 Å². The number of nitrogens with zero attached hydrogens (tertiary/aromatic N) is 1. The molecule has 1 aliphatic rings. The highest BCUT2D eigenvalue weighted by atomic mass is 16.5. The number of amides is 1. The average molecular weight is 383 g/mol. The van der Waals surface area contributed by atoms with Crippen LogP contribution in [0, 0.1) is 6.92 Å². The van der Waals surface area contributed by atoms with Crippen molar-refractivity contribution >= 4 is 11.9 Å². The van der Waals surface area contributed by atoms with Gasteiger partial charge in [-0.3, -0.25) is 9.59 Å². The van der Waals surface area contributed by atoms with E-state index in [-0.39, 0.29) is 18.7 Å². The van der Waals surface area contributed by atoms with Crippen LogP contribution in [0.1, 0.15) is 23.1 Å². The van der Waals surface area contributed by atoms with Crippen LogP contribution in [0.4, 0.5) is 0 Å². The molecular weight excluding hydrogens is 358 g/mol. The number of hydrogen-bond acceptors (Lipinski definition) is 4. The van der Waals surface area contributed by atoms with Gasteiger partial charge in [0.2, 0.25) is 5.91 Å². The van der Waals surface area contributed by atoms with Crippen LogP contribution in [0.3, 0.4) is 0 Å². The summed E-state index contributed by atoms with van der Waals surface area (Å²) in [7, 11) is 0. The number of carboxylic acid groups (broad SMARTS) is 1. The van der Waals surface area contributed by atoms with Crippen LogP contribution in [-0.4, -0.2) is 47.7 Å². The van der Waals surface area contributed by atoms with Gasteiger partial charge < -0.3 is 19.5 Å². The third kappa shape index (κ3) is 5.57. The summed E-state index contributed by atoms with van der Waals surface area (Å²) >= 11 is 0. The summed E-state index contributed by atoms with van der Waals surface area (Å²) in [5.74, 6) is -0.230. The fourth-order valence-corrected chi connectivity index (χ4v) is 3.23. The standard InChI is InChI=1S/C22H25NO5/c1-16-5-2-3-7-18(16)15-28-19-8-4-6-17(11-19)12-21(24)23-9-10-27-20(14-23)13-22(25)26/h2-8,11,20H,9-10,12-15H2,1H3,(H,25,26). The summed E-state index contributed by atoms with van der Waals surface area (Å²) in [6.45, 7) is 3.69. The molecular formula is C22H25NO5. The van der Waals surface area contributed by atoms with Crippen molar-refractivity contribution in [1.29, 1.82) is 0 Å². The lowest BCUT2D eigenvalue weighted by molar-refractivity contribution is -0.147. The highest BCUT2D eigenvalue weighted by Crippen LogP contribution is 2.18. The fourth-order valence-electron chi connectivity index (χ4n) is 3.23. The normalized spacial score (nSPS) is 16.6. The quantitative estimate of drug-likeness (QED) is 0.796. The van der Waals surface area contributed by atoms with E-state index in [9.17, 15) is 9.59 Å². The minimum atomic E-state index is -0.919. The van der Waals surface area contributed by atoms with Crippen molar-refractivity contribution in [3.05, 3.63) is 65.2 Å². The summed E-state index contributed by atoms with van der Waals surface area (Å²) in [5.41, 5.74) is 3.17. The first-order valence-electron chi connectivity index (χ1n) is 9.38. The molecule has 0 aromatic heterocycles. The molecule has 0 saturated carbocycles. The van der Waals surface area contributed by atoms with E-state index in [4.69, 9.17) is 14.6 Å². The van der Waals surface area contributed by atoms with E-state index in [0.717, 1.165) is 16.9 Å². The Hall–Kier alpha value is -2.86. The fraction of sp³-hybridized carbons (Fsp3) is 0.364. The maximum Gasteiger partial charge on any atom is 0.306 e. The number of carbonyl (C=O) groups is 2. The molecule has 28 heavy (non-hydrogen) atoms. The second-order valence-electron chi connectivity index (χ2n) is 6.97. The highest BCUT2D eigenvalue weighted by Gasteiger charge is 2.25. The van der Waals surface area contributed by atoms with Crippen molar-refractivity contribution in [2.24, 2.45) is 0 Å². The number of aliphatic carboxylic acids is 1. The Kier molecular flexibility index (Phi) is 6.66. The summed E-state index contributed by atoms with van der Waals surface area (Å²) in [4.78, 5) is 25.2. The average Bonchev–Trinajstić information content (AvgIpc) is 2.67. The largest absolute Gasteiger partial charge is 0.489 e. The molecule has 148 valence electrons. The van der Waals surface area contributed by atoms with E-state index in [1.165, 1.54) is 5.56 Å². The Morgan fingerprint density at radius 1 is 1.21 bits per heavy atom. The minimum Gasteiger partial charge on any atom is -0.489 e. The maximum atomic E-state index is 12.6. The van der Waals surface area contributed by atoms with E-state index in [1.807, 2.05) is 55.5 Å². The van der Waals surface area contributed by atoms with Crippen LogP contribution in [0.15, 0.2) is 48.5 Å². The van der Waals surface area contributed by atoms with E-state index in [1.54, 1.807) is 4.90 Å². The Morgan fingerprint density at radius 2 is 2.04 bits per heavy atom. The lowest BCUT2D eigenvalue weighted by Crippen LogP contribution is -2.46. The topological polar surface area (TPSA) is 76.1 Å². The first-order chi connectivity index (χ1) is 13.5. The zero-order valence-corrected chi connectivity index (χ0v) is 16.0. The molecule has 1 fully saturated rings. The zero-order chi connectivity index (χ0) is 19.9. The first-order valence-corrected chi connectivity index (χ1v) is 9.38. The van der Waals surface area contributed by atoms with Gasteiger partial charge in [-0.25, -0.2) is 0 Å². The van der Waals surface area contributed by atoms with Gasteiger partial charge in [0.05, 0.1) is 25.6 Å².